The van der Waals surface area contributed by atoms with Crippen LogP contribution in [0.15, 0.2) is 17.5 Å². The van der Waals surface area contributed by atoms with Crippen LogP contribution in [0.1, 0.15) is 44.4 Å². The smallest absolute Gasteiger partial charge is 0.233 e. The van der Waals surface area contributed by atoms with E-state index in [0.717, 1.165) is 32.1 Å². The van der Waals surface area contributed by atoms with Crippen molar-refractivity contribution in [1.29, 1.82) is 0 Å². The molecule has 1 rings (SSSR count). The van der Waals surface area contributed by atoms with Crippen molar-refractivity contribution < 1.29 is 13.2 Å². The van der Waals surface area contributed by atoms with Gasteiger partial charge >= 0.3 is 0 Å². The highest BCUT2D eigenvalue weighted by Gasteiger charge is 2.33. The van der Waals surface area contributed by atoms with Gasteiger partial charge in [0.15, 0.2) is 0 Å². The van der Waals surface area contributed by atoms with E-state index >= 15 is 0 Å². The standard InChI is InChI=1S/C15H25ClO3S2/c1-3-8-15(9-4-2,13-21(16,17)18)12-19-10-7-14-6-5-11-20-14/h5-6,11H,3-4,7-10,12-13H2,1-2H3. The molecule has 6 heteroatoms. The van der Waals surface area contributed by atoms with Gasteiger partial charge in [-0.15, -0.1) is 11.3 Å². The molecule has 0 fully saturated rings. The number of halogens is 1. The fourth-order valence-electron chi connectivity index (χ4n) is 2.80. The monoisotopic (exact) mass is 352 g/mol. The maximum absolute atomic E-state index is 11.5. The Morgan fingerprint density at radius 2 is 1.95 bits per heavy atom. The average molecular weight is 353 g/mol. The van der Waals surface area contributed by atoms with Crippen LogP contribution >= 0.6 is 22.0 Å². The Labute approximate surface area is 137 Å². The van der Waals surface area contributed by atoms with Gasteiger partial charge in [0.1, 0.15) is 0 Å². The van der Waals surface area contributed by atoms with Crippen LogP contribution in [0.3, 0.4) is 0 Å². The van der Waals surface area contributed by atoms with Crippen molar-refractivity contribution in [3.8, 4) is 0 Å². The first-order chi connectivity index (χ1) is 9.91. The molecule has 0 atom stereocenters. The van der Waals surface area contributed by atoms with Crippen molar-refractivity contribution in [2.45, 2.75) is 46.0 Å². The molecule has 0 radical (unpaired) electrons. The summed E-state index contributed by atoms with van der Waals surface area (Å²) in [6.45, 7) is 5.22. The number of hydrogen-bond acceptors (Lipinski definition) is 4. The van der Waals surface area contributed by atoms with E-state index in [0.29, 0.717) is 13.2 Å². The summed E-state index contributed by atoms with van der Waals surface area (Å²) in [6.07, 6.45) is 4.39. The molecule has 21 heavy (non-hydrogen) atoms. The highest BCUT2D eigenvalue weighted by atomic mass is 35.7. The molecule has 0 N–H and O–H groups in total. The Kier molecular flexibility index (Phi) is 8.24. The fourth-order valence-corrected chi connectivity index (χ4v) is 5.29. The molecular weight excluding hydrogens is 328 g/mol. The largest absolute Gasteiger partial charge is 0.380 e. The predicted octanol–water partition coefficient (Wildman–Crippen LogP) is 4.46. The summed E-state index contributed by atoms with van der Waals surface area (Å²) < 4.78 is 28.9. The van der Waals surface area contributed by atoms with Gasteiger partial charge in [0.2, 0.25) is 9.05 Å². The van der Waals surface area contributed by atoms with E-state index < -0.39 is 9.05 Å². The van der Waals surface area contributed by atoms with E-state index in [1.54, 1.807) is 11.3 Å². The summed E-state index contributed by atoms with van der Waals surface area (Å²) in [6, 6.07) is 4.11. The molecule has 122 valence electrons. The molecule has 1 heterocycles. The van der Waals surface area contributed by atoms with Crippen LogP contribution in [-0.4, -0.2) is 27.4 Å². The second-order valence-electron chi connectivity index (χ2n) is 5.57. The first kappa shape index (κ1) is 18.9. The minimum Gasteiger partial charge on any atom is -0.380 e. The Morgan fingerprint density at radius 1 is 1.29 bits per heavy atom. The molecule has 0 aromatic carbocycles. The van der Waals surface area contributed by atoms with Crippen LogP contribution in [0, 0.1) is 5.41 Å². The van der Waals surface area contributed by atoms with Crippen molar-refractivity contribution >= 4 is 31.1 Å². The quantitative estimate of drug-likeness (QED) is 0.436. The van der Waals surface area contributed by atoms with Crippen LogP contribution in [0.5, 0.6) is 0 Å². The lowest BCUT2D eigenvalue weighted by Gasteiger charge is -2.32. The number of ether oxygens (including phenoxy) is 1. The summed E-state index contributed by atoms with van der Waals surface area (Å²) in [5.74, 6) is 0.00222. The molecule has 1 aromatic rings. The van der Waals surface area contributed by atoms with Crippen LogP contribution in [0.2, 0.25) is 0 Å². The SMILES string of the molecule is CCCC(CCC)(COCCc1cccs1)CS(=O)(=O)Cl. The first-order valence-corrected chi connectivity index (χ1v) is 10.8. The zero-order valence-corrected chi connectivity index (χ0v) is 15.2. The minimum absolute atomic E-state index is 0.00222. The van der Waals surface area contributed by atoms with Gasteiger partial charge in [0.05, 0.1) is 19.0 Å². The summed E-state index contributed by atoms with van der Waals surface area (Å²) in [5.41, 5.74) is -0.348. The van der Waals surface area contributed by atoms with Gasteiger partial charge < -0.3 is 4.74 Å². The van der Waals surface area contributed by atoms with Crippen molar-refractivity contribution in [2.75, 3.05) is 19.0 Å². The van der Waals surface area contributed by atoms with Gasteiger partial charge in [-0.05, 0) is 24.3 Å². The summed E-state index contributed by atoms with van der Waals surface area (Å²) in [5, 5.41) is 2.05. The normalized spacial score (nSPS) is 12.7. The molecule has 0 aliphatic heterocycles. The van der Waals surface area contributed by atoms with Crippen molar-refractivity contribution in [1.82, 2.24) is 0 Å². The maximum atomic E-state index is 11.5. The van der Waals surface area contributed by atoms with Crippen LogP contribution in [0.4, 0.5) is 0 Å². The lowest BCUT2D eigenvalue weighted by molar-refractivity contribution is 0.0459. The Balaban J connectivity index is 2.57. The van der Waals surface area contributed by atoms with Crippen molar-refractivity contribution in [2.24, 2.45) is 5.41 Å². The highest BCUT2D eigenvalue weighted by Crippen LogP contribution is 2.33. The van der Waals surface area contributed by atoms with Gasteiger partial charge in [-0.1, -0.05) is 32.8 Å². The van der Waals surface area contributed by atoms with Gasteiger partial charge in [-0.2, -0.15) is 0 Å². The lowest BCUT2D eigenvalue weighted by atomic mass is 9.82. The van der Waals surface area contributed by atoms with Gasteiger partial charge in [0.25, 0.3) is 0 Å². The maximum Gasteiger partial charge on any atom is 0.233 e. The molecule has 0 amide bonds. The third kappa shape index (κ3) is 7.63. The van der Waals surface area contributed by atoms with E-state index in [-0.39, 0.29) is 11.2 Å². The highest BCUT2D eigenvalue weighted by molar-refractivity contribution is 8.13. The molecule has 0 spiro atoms. The molecule has 0 unspecified atom stereocenters. The number of hydrogen-bond donors (Lipinski definition) is 0. The van der Waals surface area contributed by atoms with E-state index in [9.17, 15) is 8.42 Å². The van der Waals surface area contributed by atoms with Crippen molar-refractivity contribution in [3.05, 3.63) is 22.4 Å². The molecule has 0 bridgehead atoms. The topological polar surface area (TPSA) is 43.4 Å². The average Bonchev–Trinajstić information content (AvgIpc) is 2.86. The molecule has 0 saturated heterocycles. The number of thiophene rings is 1. The third-order valence-electron chi connectivity index (χ3n) is 3.52. The molecule has 1 aromatic heterocycles. The molecule has 0 saturated carbocycles. The molecule has 0 aliphatic rings. The van der Waals surface area contributed by atoms with Crippen LogP contribution in [0.25, 0.3) is 0 Å². The number of rotatable bonds is 11. The second kappa shape index (κ2) is 9.13. The molecule has 3 nitrogen and oxygen atoms in total. The Bertz CT molecular complexity index is 477. The summed E-state index contributed by atoms with van der Waals surface area (Å²) >= 11 is 1.71. The zero-order chi connectivity index (χ0) is 15.8. The zero-order valence-electron chi connectivity index (χ0n) is 12.8. The third-order valence-corrected chi connectivity index (χ3v) is 5.74. The van der Waals surface area contributed by atoms with Crippen molar-refractivity contribution in [3.63, 3.8) is 0 Å². The van der Waals surface area contributed by atoms with E-state index in [1.807, 2.05) is 11.4 Å². The Morgan fingerprint density at radius 3 is 2.43 bits per heavy atom. The van der Waals surface area contributed by atoms with Gasteiger partial charge in [-0.3, -0.25) is 0 Å². The predicted molar refractivity (Wildman–Crippen MR) is 90.7 cm³/mol. The Hall–Kier alpha value is -0.100. The van der Waals surface area contributed by atoms with E-state index in [4.69, 9.17) is 15.4 Å². The van der Waals surface area contributed by atoms with Crippen LogP contribution in [-0.2, 0) is 20.2 Å². The minimum atomic E-state index is -3.51. The van der Waals surface area contributed by atoms with Gasteiger partial charge in [0, 0.05) is 27.4 Å². The van der Waals surface area contributed by atoms with E-state index in [2.05, 4.69) is 19.9 Å². The first-order valence-electron chi connectivity index (χ1n) is 7.43. The van der Waals surface area contributed by atoms with Crippen LogP contribution < -0.4 is 0 Å². The summed E-state index contributed by atoms with van der Waals surface area (Å²) in [7, 11) is 1.99. The second-order valence-corrected chi connectivity index (χ2v) is 9.37. The summed E-state index contributed by atoms with van der Waals surface area (Å²) in [4.78, 5) is 1.29. The molecular formula is C15H25ClO3S2. The van der Waals surface area contributed by atoms with Gasteiger partial charge in [-0.25, -0.2) is 8.42 Å². The fraction of sp³-hybridized carbons (Fsp3) is 0.733. The molecule has 0 aliphatic carbocycles. The lowest BCUT2D eigenvalue weighted by Crippen LogP contribution is -2.34. The van der Waals surface area contributed by atoms with E-state index in [1.165, 1.54) is 4.88 Å².